The van der Waals surface area contributed by atoms with Crippen molar-refractivity contribution in [2.75, 3.05) is 0 Å². The highest BCUT2D eigenvalue weighted by atomic mass is 16.3. The topological polar surface area (TPSA) is 53.1 Å². The average Bonchev–Trinajstić information content (AvgIpc) is 3.10. The largest absolute Gasteiger partial charge is 0.508 e. The van der Waals surface area contributed by atoms with Crippen molar-refractivity contribution in [1.29, 1.82) is 0 Å². The molecule has 3 aliphatic rings. The molecule has 31 heavy (non-hydrogen) atoms. The third-order valence-electron chi connectivity index (χ3n) is 10.9. The van der Waals surface area contributed by atoms with Crippen molar-refractivity contribution in [3.63, 3.8) is 0 Å². The molecule has 7 atom stereocenters. The van der Waals surface area contributed by atoms with Gasteiger partial charge in [-0.15, -0.1) is 0 Å². The molecule has 3 fully saturated rings. The van der Waals surface area contributed by atoms with Crippen molar-refractivity contribution in [3.8, 4) is 5.75 Å². The molecule has 1 heterocycles. The standard InChI is InChI=1S/C28H39NO2/c1-17-10-12-27(4)24-9-8-23(31)18(2)26(24,3)13-11-25(27)28(17,5)15-19-16-29-22-14-20(30)6-7-21(19)22/h6-7,14,16-18,24-25,29-30H,8-13,15H2,1-5H3/t17-,18+,24-,25+,26-,27+,28+/m1/s1. The molecule has 0 aliphatic heterocycles. The van der Waals surface area contributed by atoms with Gasteiger partial charge in [-0.3, -0.25) is 4.79 Å². The summed E-state index contributed by atoms with van der Waals surface area (Å²) in [6, 6.07) is 5.71. The number of ketones is 1. The Bertz CT molecular complexity index is 1020. The van der Waals surface area contributed by atoms with Crippen LogP contribution in [0.2, 0.25) is 0 Å². The Labute approximate surface area is 187 Å². The van der Waals surface area contributed by atoms with Gasteiger partial charge in [-0.2, -0.15) is 0 Å². The molecule has 1 aromatic heterocycles. The fourth-order valence-electron chi connectivity index (χ4n) is 8.66. The number of nitrogens with one attached hydrogen (secondary N) is 1. The number of phenols is 1. The lowest BCUT2D eigenvalue weighted by Crippen LogP contribution is -2.61. The molecule has 0 spiro atoms. The summed E-state index contributed by atoms with van der Waals surface area (Å²) in [4.78, 5) is 16.0. The Morgan fingerprint density at radius 2 is 1.77 bits per heavy atom. The Morgan fingerprint density at radius 3 is 2.55 bits per heavy atom. The number of H-pyrrole nitrogens is 1. The smallest absolute Gasteiger partial charge is 0.136 e. The van der Waals surface area contributed by atoms with Crippen LogP contribution in [0.3, 0.4) is 0 Å². The molecule has 0 unspecified atom stereocenters. The summed E-state index contributed by atoms with van der Waals surface area (Å²) in [5.74, 6) is 3.03. The lowest BCUT2D eigenvalue weighted by Gasteiger charge is -2.67. The van der Waals surface area contributed by atoms with Gasteiger partial charge in [0, 0.05) is 35.5 Å². The van der Waals surface area contributed by atoms with Crippen molar-refractivity contribution in [1.82, 2.24) is 4.98 Å². The molecule has 0 radical (unpaired) electrons. The zero-order valence-electron chi connectivity index (χ0n) is 19.9. The second kappa shape index (κ2) is 6.86. The van der Waals surface area contributed by atoms with Gasteiger partial charge in [0.2, 0.25) is 0 Å². The maximum atomic E-state index is 12.6. The number of hydrogen-bond donors (Lipinski definition) is 2. The number of rotatable bonds is 2. The second-order valence-electron chi connectivity index (χ2n) is 12.0. The normalized spacial score (nSPS) is 42.9. The summed E-state index contributed by atoms with van der Waals surface area (Å²) in [6.45, 7) is 12.3. The zero-order chi connectivity index (χ0) is 22.2. The van der Waals surface area contributed by atoms with Crippen LogP contribution in [0.1, 0.15) is 78.7 Å². The fourth-order valence-corrected chi connectivity index (χ4v) is 8.66. The van der Waals surface area contributed by atoms with Crippen LogP contribution in [0.5, 0.6) is 5.75 Å². The highest BCUT2D eigenvalue weighted by Gasteiger charge is 2.63. The van der Waals surface area contributed by atoms with Crippen LogP contribution in [-0.4, -0.2) is 15.9 Å². The molecule has 0 bridgehead atoms. The van der Waals surface area contributed by atoms with Crippen LogP contribution < -0.4 is 0 Å². The van der Waals surface area contributed by atoms with E-state index in [1.807, 2.05) is 12.1 Å². The number of Topliss-reactive ketones (excluding diaryl/α,β-unsaturated/α-hetero) is 1. The number of aromatic amines is 1. The van der Waals surface area contributed by atoms with Gasteiger partial charge in [-0.1, -0.05) is 34.6 Å². The first-order valence-electron chi connectivity index (χ1n) is 12.4. The minimum atomic E-state index is 0.167. The van der Waals surface area contributed by atoms with Crippen molar-refractivity contribution in [2.45, 2.75) is 79.6 Å². The van der Waals surface area contributed by atoms with E-state index in [-0.39, 0.29) is 16.7 Å². The maximum Gasteiger partial charge on any atom is 0.136 e. The summed E-state index contributed by atoms with van der Waals surface area (Å²) in [7, 11) is 0. The zero-order valence-corrected chi connectivity index (χ0v) is 19.9. The number of carbonyl (C=O) groups is 1. The van der Waals surface area contributed by atoms with Gasteiger partial charge in [0.15, 0.2) is 0 Å². The van der Waals surface area contributed by atoms with Crippen molar-refractivity contribution < 1.29 is 9.90 Å². The van der Waals surface area contributed by atoms with Crippen LogP contribution >= 0.6 is 0 Å². The van der Waals surface area contributed by atoms with E-state index in [1.54, 1.807) is 0 Å². The quantitative estimate of drug-likeness (QED) is 0.555. The number of carbonyl (C=O) groups excluding carboxylic acids is 1. The predicted octanol–water partition coefficient (Wildman–Crippen LogP) is 6.89. The lowest BCUT2D eigenvalue weighted by molar-refractivity contribution is -0.182. The Hall–Kier alpha value is -1.77. The summed E-state index contributed by atoms with van der Waals surface area (Å²) in [5.41, 5.74) is 3.13. The van der Waals surface area contributed by atoms with Crippen molar-refractivity contribution in [2.24, 2.45) is 39.9 Å². The van der Waals surface area contributed by atoms with E-state index >= 15 is 0 Å². The highest BCUT2D eigenvalue weighted by Crippen LogP contribution is 2.69. The molecule has 3 saturated carbocycles. The van der Waals surface area contributed by atoms with Crippen LogP contribution in [0.4, 0.5) is 0 Å². The molecule has 0 amide bonds. The van der Waals surface area contributed by atoms with E-state index < -0.39 is 0 Å². The molecule has 2 aromatic rings. The minimum Gasteiger partial charge on any atom is -0.508 e. The summed E-state index contributed by atoms with van der Waals surface area (Å²) in [6.07, 6.45) is 10.1. The number of aromatic hydroxyl groups is 1. The van der Waals surface area contributed by atoms with Gasteiger partial charge in [0.1, 0.15) is 11.5 Å². The van der Waals surface area contributed by atoms with E-state index in [1.165, 1.54) is 36.6 Å². The SMILES string of the molecule is C[C@@H]1CC[C@@]2(C)[C@@H]3CCC(=O)[C@H](C)[C@@]3(C)CC[C@@H]2[C@@]1(C)Cc1c[nH]c2cc(O)ccc12. The molecular formula is C28H39NO2. The monoisotopic (exact) mass is 421 g/mol. The summed E-state index contributed by atoms with van der Waals surface area (Å²) in [5, 5.41) is 11.1. The molecule has 2 N–H and O–H groups in total. The molecule has 5 rings (SSSR count). The van der Waals surface area contributed by atoms with Crippen LogP contribution in [0, 0.1) is 39.9 Å². The van der Waals surface area contributed by atoms with Gasteiger partial charge in [-0.05, 0) is 90.2 Å². The molecule has 3 heteroatoms. The van der Waals surface area contributed by atoms with Gasteiger partial charge in [0.05, 0.1) is 0 Å². The number of aromatic nitrogens is 1. The first-order valence-corrected chi connectivity index (χ1v) is 12.4. The van der Waals surface area contributed by atoms with Gasteiger partial charge < -0.3 is 10.1 Å². The molecule has 3 nitrogen and oxygen atoms in total. The van der Waals surface area contributed by atoms with Gasteiger partial charge >= 0.3 is 0 Å². The Balaban J connectivity index is 1.53. The molecule has 168 valence electrons. The second-order valence-corrected chi connectivity index (χ2v) is 12.0. The number of hydrogen-bond acceptors (Lipinski definition) is 2. The average molecular weight is 422 g/mol. The number of benzene rings is 1. The van der Waals surface area contributed by atoms with E-state index in [9.17, 15) is 9.90 Å². The van der Waals surface area contributed by atoms with Gasteiger partial charge in [0.25, 0.3) is 0 Å². The maximum absolute atomic E-state index is 12.6. The third-order valence-corrected chi connectivity index (χ3v) is 10.9. The lowest BCUT2D eigenvalue weighted by atomic mass is 9.37. The number of fused-ring (bicyclic) bond motifs is 4. The van der Waals surface area contributed by atoms with E-state index in [0.29, 0.717) is 34.7 Å². The first kappa shape index (κ1) is 21.1. The minimum absolute atomic E-state index is 0.167. The molecular weight excluding hydrogens is 382 g/mol. The summed E-state index contributed by atoms with van der Waals surface area (Å²) >= 11 is 0. The number of phenolic OH excluding ortho intramolecular Hbond substituents is 1. The third kappa shape index (κ3) is 2.87. The van der Waals surface area contributed by atoms with E-state index in [2.05, 4.69) is 51.9 Å². The Kier molecular flexibility index (Phi) is 4.67. The predicted molar refractivity (Wildman–Crippen MR) is 126 cm³/mol. The van der Waals surface area contributed by atoms with E-state index in [0.717, 1.165) is 24.8 Å². The van der Waals surface area contributed by atoms with Crippen molar-refractivity contribution >= 4 is 16.7 Å². The molecule has 0 saturated heterocycles. The summed E-state index contributed by atoms with van der Waals surface area (Å²) < 4.78 is 0. The van der Waals surface area contributed by atoms with Crippen molar-refractivity contribution in [3.05, 3.63) is 30.0 Å². The highest BCUT2D eigenvalue weighted by molar-refractivity contribution is 5.84. The first-order chi connectivity index (χ1) is 14.6. The van der Waals surface area contributed by atoms with Gasteiger partial charge in [-0.25, -0.2) is 0 Å². The van der Waals surface area contributed by atoms with Crippen LogP contribution in [0.25, 0.3) is 10.9 Å². The van der Waals surface area contributed by atoms with Crippen LogP contribution in [-0.2, 0) is 11.2 Å². The van der Waals surface area contributed by atoms with Crippen LogP contribution in [0.15, 0.2) is 24.4 Å². The molecule has 3 aliphatic carbocycles. The Morgan fingerprint density at radius 1 is 1.03 bits per heavy atom. The molecule has 1 aromatic carbocycles. The van der Waals surface area contributed by atoms with E-state index in [4.69, 9.17) is 0 Å². The fraction of sp³-hybridized carbons (Fsp3) is 0.679.